The molecule has 0 radical (unpaired) electrons. The molecular formula is C23H16N4OS. The van der Waals surface area contributed by atoms with Crippen molar-refractivity contribution in [3.05, 3.63) is 90.5 Å². The fourth-order valence-electron chi connectivity index (χ4n) is 3.37. The van der Waals surface area contributed by atoms with Gasteiger partial charge in [0, 0.05) is 28.2 Å². The molecule has 1 aromatic heterocycles. The molecule has 5 nitrogen and oxygen atoms in total. The number of carbonyl (C=O) groups excluding carboxylic acids is 1. The van der Waals surface area contributed by atoms with Gasteiger partial charge in [0.15, 0.2) is 0 Å². The van der Waals surface area contributed by atoms with Crippen LogP contribution in [0.4, 0.5) is 16.8 Å². The van der Waals surface area contributed by atoms with Gasteiger partial charge in [-0.1, -0.05) is 72.8 Å². The summed E-state index contributed by atoms with van der Waals surface area (Å²) >= 11 is 1.21. The van der Waals surface area contributed by atoms with Crippen molar-refractivity contribution < 1.29 is 4.79 Å². The Morgan fingerprint density at radius 2 is 1.41 bits per heavy atom. The van der Waals surface area contributed by atoms with E-state index in [1.165, 1.54) is 11.5 Å². The highest BCUT2D eigenvalue weighted by molar-refractivity contribution is 7.10. The molecule has 5 rings (SSSR count). The van der Waals surface area contributed by atoms with E-state index in [2.05, 4.69) is 38.2 Å². The van der Waals surface area contributed by atoms with E-state index >= 15 is 0 Å². The van der Waals surface area contributed by atoms with Crippen LogP contribution < -0.4 is 10.6 Å². The van der Waals surface area contributed by atoms with E-state index < -0.39 is 0 Å². The molecule has 0 aliphatic rings. The molecule has 2 N–H and O–H groups in total. The van der Waals surface area contributed by atoms with Crippen LogP contribution in [0.1, 0.15) is 10.4 Å². The first-order chi connectivity index (χ1) is 14.3. The second-order valence-corrected chi connectivity index (χ2v) is 7.31. The highest BCUT2D eigenvalue weighted by Gasteiger charge is 2.13. The van der Waals surface area contributed by atoms with E-state index in [1.54, 1.807) is 6.07 Å². The molecule has 0 bridgehead atoms. The summed E-state index contributed by atoms with van der Waals surface area (Å²) < 4.78 is 4.27. The summed E-state index contributed by atoms with van der Waals surface area (Å²) in [5.74, 6) is 0.0620. The largest absolute Gasteiger partial charge is 0.330 e. The monoisotopic (exact) mass is 396 g/mol. The fraction of sp³-hybridized carbons (Fsp3) is 0. The van der Waals surface area contributed by atoms with Crippen molar-refractivity contribution in [1.82, 2.24) is 9.36 Å². The van der Waals surface area contributed by atoms with Gasteiger partial charge in [0.05, 0.1) is 0 Å². The first kappa shape index (κ1) is 17.3. The molecule has 0 aliphatic heterocycles. The summed E-state index contributed by atoms with van der Waals surface area (Å²) in [4.78, 5) is 17.2. The van der Waals surface area contributed by atoms with Crippen molar-refractivity contribution >= 4 is 55.8 Å². The Morgan fingerprint density at radius 3 is 2.24 bits per heavy atom. The number of hydrogen-bond donors (Lipinski definition) is 2. The maximum Gasteiger partial charge on any atom is 0.258 e. The van der Waals surface area contributed by atoms with Crippen molar-refractivity contribution in [1.29, 1.82) is 0 Å². The lowest BCUT2D eigenvalue weighted by molar-refractivity contribution is 0.102. The number of nitrogens with zero attached hydrogens (tertiary/aromatic N) is 2. The summed E-state index contributed by atoms with van der Waals surface area (Å²) in [6, 6.07) is 27.7. The molecule has 140 valence electrons. The molecule has 0 saturated carbocycles. The zero-order valence-corrected chi connectivity index (χ0v) is 16.1. The molecule has 4 aromatic carbocycles. The van der Waals surface area contributed by atoms with Crippen molar-refractivity contribution in [2.24, 2.45) is 0 Å². The number of amides is 1. The Hall–Kier alpha value is -3.77. The SMILES string of the molecule is O=C(Nc1nsc(Nc2cccc3ccccc23)n1)c1cccc2ccccc12. The summed E-state index contributed by atoms with van der Waals surface area (Å²) in [7, 11) is 0. The minimum Gasteiger partial charge on any atom is -0.330 e. The summed E-state index contributed by atoms with van der Waals surface area (Å²) in [5, 5.41) is 10.9. The van der Waals surface area contributed by atoms with Crippen LogP contribution in [0, 0.1) is 0 Å². The molecule has 5 aromatic rings. The summed E-state index contributed by atoms with van der Waals surface area (Å²) in [6.45, 7) is 0. The van der Waals surface area contributed by atoms with Crippen molar-refractivity contribution in [3.63, 3.8) is 0 Å². The normalized spacial score (nSPS) is 10.9. The predicted molar refractivity (Wildman–Crippen MR) is 119 cm³/mol. The van der Waals surface area contributed by atoms with Crippen LogP contribution in [-0.4, -0.2) is 15.3 Å². The third-order valence-corrected chi connectivity index (χ3v) is 5.35. The second kappa shape index (κ2) is 7.33. The van der Waals surface area contributed by atoms with Crippen LogP contribution in [0.25, 0.3) is 21.5 Å². The lowest BCUT2D eigenvalue weighted by Gasteiger charge is -2.07. The van der Waals surface area contributed by atoms with Gasteiger partial charge in [-0.2, -0.15) is 9.36 Å². The first-order valence-corrected chi connectivity index (χ1v) is 9.93. The minimum absolute atomic E-state index is 0.226. The van der Waals surface area contributed by atoms with Gasteiger partial charge in [-0.15, -0.1) is 0 Å². The van der Waals surface area contributed by atoms with E-state index in [1.807, 2.05) is 60.7 Å². The number of rotatable bonds is 4. The Kier molecular flexibility index (Phi) is 4.38. The quantitative estimate of drug-likeness (QED) is 0.400. The van der Waals surface area contributed by atoms with E-state index in [0.29, 0.717) is 10.7 Å². The molecule has 0 fully saturated rings. The maximum absolute atomic E-state index is 12.8. The number of fused-ring (bicyclic) bond motifs is 2. The number of hydrogen-bond acceptors (Lipinski definition) is 5. The molecule has 6 heteroatoms. The van der Waals surface area contributed by atoms with E-state index in [4.69, 9.17) is 0 Å². The summed E-state index contributed by atoms with van der Waals surface area (Å²) in [6.07, 6.45) is 0. The second-order valence-electron chi connectivity index (χ2n) is 6.56. The van der Waals surface area contributed by atoms with Gasteiger partial charge in [0.25, 0.3) is 5.91 Å². The Morgan fingerprint density at radius 1 is 0.759 bits per heavy atom. The highest BCUT2D eigenvalue weighted by atomic mass is 32.1. The number of nitrogens with one attached hydrogen (secondary N) is 2. The molecule has 29 heavy (non-hydrogen) atoms. The lowest BCUT2D eigenvalue weighted by atomic mass is 10.0. The van der Waals surface area contributed by atoms with Crippen LogP contribution in [0.3, 0.4) is 0 Å². The molecule has 0 saturated heterocycles. The molecule has 0 atom stereocenters. The van der Waals surface area contributed by atoms with Crippen molar-refractivity contribution in [2.45, 2.75) is 0 Å². The minimum atomic E-state index is -0.226. The van der Waals surface area contributed by atoms with Crippen LogP contribution in [-0.2, 0) is 0 Å². The Labute approximate surface area is 171 Å². The smallest absolute Gasteiger partial charge is 0.258 e. The van der Waals surface area contributed by atoms with Crippen LogP contribution in [0.5, 0.6) is 0 Å². The molecular weight excluding hydrogens is 380 g/mol. The third-order valence-electron chi connectivity index (χ3n) is 4.72. The maximum atomic E-state index is 12.8. The van der Waals surface area contributed by atoms with E-state index in [0.717, 1.165) is 27.2 Å². The zero-order chi connectivity index (χ0) is 19.6. The van der Waals surface area contributed by atoms with Gasteiger partial charge in [0.2, 0.25) is 11.1 Å². The molecule has 0 aliphatic carbocycles. The standard InChI is InChI=1S/C23H16N4OS/c28-21(19-13-5-9-15-7-1-3-11-17(15)19)25-22-26-23(29-27-22)24-20-14-6-10-16-8-2-4-12-18(16)20/h1-14H,(H2,24,25,26,27,28). The van der Waals surface area contributed by atoms with Gasteiger partial charge >= 0.3 is 0 Å². The van der Waals surface area contributed by atoms with Crippen molar-refractivity contribution in [2.75, 3.05) is 10.6 Å². The number of benzene rings is 4. The number of aromatic nitrogens is 2. The Balaban J connectivity index is 1.38. The Bertz CT molecular complexity index is 1330. The molecule has 0 unspecified atom stereocenters. The van der Waals surface area contributed by atoms with Gasteiger partial charge in [0.1, 0.15) is 0 Å². The van der Waals surface area contributed by atoms with E-state index in [9.17, 15) is 4.79 Å². The van der Waals surface area contributed by atoms with Gasteiger partial charge < -0.3 is 5.32 Å². The number of anilines is 3. The van der Waals surface area contributed by atoms with Crippen LogP contribution in [0.2, 0.25) is 0 Å². The van der Waals surface area contributed by atoms with Gasteiger partial charge in [-0.25, -0.2) is 0 Å². The molecule has 1 heterocycles. The van der Waals surface area contributed by atoms with Crippen molar-refractivity contribution in [3.8, 4) is 0 Å². The zero-order valence-electron chi connectivity index (χ0n) is 15.3. The molecule has 1 amide bonds. The number of carbonyl (C=O) groups is 1. The lowest BCUT2D eigenvalue weighted by Crippen LogP contribution is -2.13. The average molecular weight is 396 g/mol. The highest BCUT2D eigenvalue weighted by Crippen LogP contribution is 2.28. The van der Waals surface area contributed by atoms with Crippen LogP contribution >= 0.6 is 11.5 Å². The predicted octanol–water partition coefficient (Wildman–Crippen LogP) is 5.84. The first-order valence-electron chi connectivity index (χ1n) is 9.15. The van der Waals surface area contributed by atoms with Gasteiger partial charge in [-0.05, 0) is 28.3 Å². The molecule has 0 spiro atoms. The average Bonchev–Trinajstić information content (AvgIpc) is 3.20. The topological polar surface area (TPSA) is 66.9 Å². The fourth-order valence-corrected chi connectivity index (χ4v) is 3.91. The third kappa shape index (κ3) is 3.41. The van der Waals surface area contributed by atoms with Gasteiger partial charge in [-0.3, -0.25) is 10.1 Å². The van der Waals surface area contributed by atoms with Crippen LogP contribution in [0.15, 0.2) is 84.9 Å². The summed E-state index contributed by atoms with van der Waals surface area (Å²) in [5.41, 5.74) is 1.55. The van der Waals surface area contributed by atoms with E-state index in [-0.39, 0.29) is 11.9 Å².